The number of hydrogen-bond donors (Lipinski definition) is 1. The Balaban J connectivity index is 1.90. The number of amides is 1. The number of nitrogens with one attached hydrogen (secondary N) is 1. The number of morpholine rings is 1. The number of benzene rings is 1. The number of methoxy groups -OCH3 is 2. The first-order valence-corrected chi connectivity index (χ1v) is 8.70. The van der Waals surface area contributed by atoms with Crippen molar-refractivity contribution >= 4 is 18.0 Å². The highest BCUT2D eigenvalue weighted by Crippen LogP contribution is 2.37. The summed E-state index contributed by atoms with van der Waals surface area (Å²) < 4.78 is 69.1. The summed E-state index contributed by atoms with van der Waals surface area (Å²) >= 11 is 0. The Bertz CT molecular complexity index is 926. The summed E-state index contributed by atoms with van der Waals surface area (Å²) in [6.07, 6.45) is -4.15. The first-order valence-electron chi connectivity index (χ1n) is 8.70. The molecular formula is C18H18F4N4O4. The van der Waals surface area contributed by atoms with E-state index in [4.69, 9.17) is 9.47 Å². The molecular weight excluding hydrogens is 412 g/mol. The molecule has 2 aromatic rings. The molecule has 1 aromatic heterocycles. The quantitative estimate of drug-likeness (QED) is 0.557. The monoisotopic (exact) mass is 430 g/mol. The van der Waals surface area contributed by atoms with E-state index in [1.165, 1.54) is 18.1 Å². The van der Waals surface area contributed by atoms with E-state index in [9.17, 15) is 22.4 Å². The van der Waals surface area contributed by atoms with E-state index < -0.39 is 29.5 Å². The minimum Gasteiger partial charge on any atom is -0.495 e. The topological polar surface area (TPSA) is 85.8 Å². The van der Waals surface area contributed by atoms with Crippen LogP contribution >= 0.6 is 0 Å². The molecule has 1 saturated heterocycles. The van der Waals surface area contributed by atoms with E-state index in [0.29, 0.717) is 19.2 Å². The van der Waals surface area contributed by atoms with Crippen molar-refractivity contribution in [3.63, 3.8) is 0 Å². The summed E-state index contributed by atoms with van der Waals surface area (Å²) in [6.45, 7) is 0.839. The molecule has 1 aliphatic heterocycles. The van der Waals surface area contributed by atoms with Crippen LogP contribution in [-0.2, 0) is 15.7 Å². The number of carbonyl (C=O) groups excluding carboxylic acids is 1. The Kier molecular flexibility index (Phi) is 6.25. The molecule has 0 bridgehead atoms. The van der Waals surface area contributed by atoms with Gasteiger partial charge in [0.2, 0.25) is 18.2 Å². The van der Waals surface area contributed by atoms with Crippen LogP contribution in [0.2, 0.25) is 0 Å². The van der Waals surface area contributed by atoms with Crippen LogP contribution < -0.4 is 14.8 Å². The lowest BCUT2D eigenvalue weighted by molar-refractivity contribution is -0.139. The van der Waals surface area contributed by atoms with Crippen LogP contribution in [0.1, 0.15) is 17.2 Å². The summed E-state index contributed by atoms with van der Waals surface area (Å²) in [5.74, 6) is -1.40. The summed E-state index contributed by atoms with van der Waals surface area (Å²) in [7, 11) is 2.39. The number of alkyl halides is 3. The first-order chi connectivity index (χ1) is 14.3. The van der Waals surface area contributed by atoms with Gasteiger partial charge in [0.25, 0.3) is 0 Å². The van der Waals surface area contributed by atoms with Crippen molar-refractivity contribution in [1.29, 1.82) is 0 Å². The van der Waals surface area contributed by atoms with Gasteiger partial charge in [0.05, 0.1) is 33.1 Å². The van der Waals surface area contributed by atoms with E-state index in [0.717, 1.165) is 13.2 Å². The number of carbonyl (C=O) groups is 1. The lowest BCUT2D eigenvalue weighted by Crippen LogP contribution is -2.37. The second kappa shape index (κ2) is 8.69. The van der Waals surface area contributed by atoms with E-state index in [1.807, 2.05) is 0 Å². The Morgan fingerprint density at radius 1 is 1.30 bits per heavy atom. The van der Waals surface area contributed by atoms with Crippen LogP contribution in [0.25, 0.3) is 0 Å². The molecule has 1 aliphatic rings. The average molecular weight is 430 g/mol. The third-order valence-corrected chi connectivity index (χ3v) is 4.41. The van der Waals surface area contributed by atoms with Gasteiger partial charge >= 0.3 is 6.18 Å². The van der Waals surface area contributed by atoms with Crippen molar-refractivity contribution in [2.75, 3.05) is 39.2 Å². The number of hydrogen-bond acceptors (Lipinski definition) is 7. The lowest BCUT2D eigenvalue weighted by atomic mass is 10.1. The Hall–Kier alpha value is -3.15. The number of aromatic nitrogens is 2. The minimum absolute atomic E-state index is 0.0867. The highest BCUT2D eigenvalue weighted by Gasteiger charge is 2.36. The zero-order valence-corrected chi connectivity index (χ0v) is 16.0. The Labute approximate surface area is 168 Å². The normalized spacial score (nSPS) is 16.9. The van der Waals surface area contributed by atoms with Crippen LogP contribution in [0.3, 0.4) is 0 Å². The summed E-state index contributed by atoms with van der Waals surface area (Å²) in [6, 6.07) is 2.48. The molecule has 0 aliphatic carbocycles. The van der Waals surface area contributed by atoms with Crippen LogP contribution in [0, 0.1) is 5.82 Å². The largest absolute Gasteiger partial charge is 0.495 e. The van der Waals surface area contributed by atoms with Crippen LogP contribution in [0.4, 0.5) is 29.2 Å². The van der Waals surface area contributed by atoms with E-state index >= 15 is 0 Å². The molecule has 162 valence electrons. The standard InChI is InChI=1S/C18H18F4N4O4/c1-28-14-5-10(15-8-26(9-27)3-4-30-15)12(19)6-13(14)24-17-23-7-11(18(20,21)22)16(25-17)29-2/h5-7,9,15H,3-4,8H2,1-2H3,(H,23,24,25). The predicted molar refractivity (Wildman–Crippen MR) is 96.2 cm³/mol. The van der Waals surface area contributed by atoms with E-state index in [-0.39, 0.29) is 36.1 Å². The van der Waals surface area contributed by atoms with Crippen molar-refractivity contribution in [2.24, 2.45) is 0 Å². The van der Waals surface area contributed by atoms with Gasteiger partial charge in [-0.15, -0.1) is 0 Å². The van der Waals surface area contributed by atoms with Crippen LogP contribution in [0.15, 0.2) is 18.3 Å². The molecule has 0 radical (unpaired) electrons. The third-order valence-electron chi connectivity index (χ3n) is 4.41. The van der Waals surface area contributed by atoms with Gasteiger partial charge in [0.1, 0.15) is 23.2 Å². The van der Waals surface area contributed by atoms with E-state index in [1.54, 1.807) is 0 Å². The molecule has 8 nitrogen and oxygen atoms in total. The van der Waals surface area contributed by atoms with Crippen LogP contribution in [0.5, 0.6) is 11.6 Å². The Morgan fingerprint density at radius 2 is 2.07 bits per heavy atom. The molecule has 1 atom stereocenters. The van der Waals surface area contributed by atoms with Gasteiger partial charge in [0, 0.05) is 24.4 Å². The van der Waals surface area contributed by atoms with Crippen molar-refractivity contribution in [1.82, 2.24) is 14.9 Å². The van der Waals surface area contributed by atoms with Gasteiger partial charge in [-0.05, 0) is 6.07 Å². The maximum absolute atomic E-state index is 14.8. The first kappa shape index (κ1) is 21.6. The molecule has 1 aromatic carbocycles. The smallest absolute Gasteiger partial charge is 0.423 e. The average Bonchev–Trinajstić information content (AvgIpc) is 2.73. The number of anilines is 2. The zero-order chi connectivity index (χ0) is 21.9. The molecule has 1 unspecified atom stereocenters. The van der Waals surface area contributed by atoms with Crippen molar-refractivity contribution in [3.8, 4) is 11.6 Å². The SMILES string of the molecule is COc1cc(C2CN(C=O)CCO2)c(F)cc1Nc1ncc(C(F)(F)F)c(OC)n1. The van der Waals surface area contributed by atoms with Crippen molar-refractivity contribution in [3.05, 3.63) is 35.3 Å². The maximum atomic E-state index is 14.8. The molecule has 1 N–H and O–H groups in total. The highest BCUT2D eigenvalue weighted by atomic mass is 19.4. The van der Waals surface area contributed by atoms with Gasteiger partial charge in [-0.1, -0.05) is 0 Å². The van der Waals surface area contributed by atoms with Gasteiger partial charge in [-0.2, -0.15) is 18.2 Å². The lowest BCUT2D eigenvalue weighted by Gasteiger charge is -2.31. The molecule has 1 amide bonds. The molecule has 0 spiro atoms. The highest BCUT2D eigenvalue weighted by molar-refractivity contribution is 5.64. The number of nitrogens with zero attached hydrogens (tertiary/aromatic N) is 3. The van der Waals surface area contributed by atoms with E-state index in [2.05, 4.69) is 20.0 Å². The number of halogens is 4. The fourth-order valence-electron chi connectivity index (χ4n) is 2.93. The summed E-state index contributed by atoms with van der Waals surface area (Å²) in [5, 5.41) is 2.63. The maximum Gasteiger partial charge on any atom is 0.423 e. The Morgan fingerprint density at radius 3 is 2.70 bits per heavy atom. The van der Waals surface area contributed by atoms with Gasteiger partial charge in [0.15, 0.2) is 0 Å². The zero-order valence-electron chi connectivity index (χ0n) is 16.0. The second-order valence-electron chi connectivity index (χ2n) is 6.27. The molecule has 12 heteroatoms. The number of ether oxygens (including phenoxy) is 3. The molecule has 0 saturated carbocycles. The molecule has 30 heavy (non-hydrogen) atoms. The van der Waals surface area contributed by atoms with Gasteiger partial charge in [-0.25, -0.2) is 9.37 Å². The van der Waals surface area contributed by atoms with Gasteiger partial charge < -0.3 is 24.4 Å². The second-order valence-corrected chi connectivity index (χ2v) is 6.27. The molecule has 2 heterocycles. The number of rotatable bonds is 6. The fraction of sp³-hybridized carbons (Fsp3) is 0.389. The van der Waals surface area contributed by atoms with Gasteiger partial charge in [-0.3, -0.25) is 4.79 Å². The molecule has 1 fully saturated rings. The van der Waals surface area contributed by atoms with Crippen molar-refractivity contribution in [2.45, 2.75) is 12.3 Å². The minimum atomic E-state index is -4.69. The predicted octanol–water partition coefficient (Wildman–Crippen LogP) is 2.93. The van der Waals surface area contributed by atoms with Crippen LogP contribution in [-0.4, -0.2) is 55.2 Å². The molecule has 3 rings (SSSR count). The third kappa shape index (κ3) is 4.53. The van der Waals surface area contributed by atoms with Crippen molar-refractivity contribution < 1.29 is 36.6 Å². The summed E-state index contributed by atoms with van der Waals surface area (Å²) in [5.41, 5.74) is -0.878. The fourth-order valence-corrected chi connectivity index (χ4v) is 2.93. The summed E-state index contributed by atoms with van der Waals surface area (Å²) in [4.78, 5) is 19.8.